The van der Waals surface area contributed by atoms with E-state index in [9.17, 15) is 0 Å². The van der Waals surface area contributed by atoms with Crippen molar-refractivity contribution >= 4 is 0 Å². The molecule has 0 aromatic carbocycles. The molecule has 1 aliphatic rings. The summed E-state index contributed by atoms with van der Waals surface area (Å²) in [5.74, 6) is 0. The van der Waals surface area contributed by atoms with Crippen LogP contribution in [0.1, 0.15) is 24.6 Å². The molecule has 2 rings (SSSR count). The van der Waals surface area contributed by atoms with Crippen molar-refractivity contribution in [2.45, 2.75) is 25.4 Å². The summed E-state index contributed by atoms with van der Waals surface area (Å²) in [5.41, 5.74) is 6.73. The van der Waals surface area contributed by atoms with Gasteiger partial charge in [-0.15, -0.1) is 0 Å². The van der Waals surface area contributed by atoms with Gasteiger partial charge in [-0.2, -0.15) is 5.10 Å². The molecule has 13 heavy (non-hydrogen) atoms. The minimum absolute atomic E-state index is 0.488. The van der Waals surface area contributed by atoms with Gasteiger partial charge in [0.2, 0.25) is 0 Å². The zero-order chi connectivity index (χ0) is 9.10. The molecule has 0 aliphatic carbocycles. The summed E-state index contributed by atoms with van der Waals surface area (Å²) >= 11 is 0. The second kappa shape index (κ2) is 3.89. The second-order valence-electron chi connectivity index (χ2n) is 3.31. The van der Waals surface area contributed by atoms with Gasteiger partial charge in [-0.1, -0.05) is 0 Å². The van der Waals surface area contributed by atoms with E-state index in [2.05, 4.69) is 5.10 Å². The highest BCUT2D eigenvalue weighted by Crippen LogP contribution is 2.21. The van der Waals surface area contributed by atoms with Crippen LogP contribution in [0.5, 0.6) is 0 Å². The fourth-order valence-electron chi connectivity index (χ4n) is 1.76. The molecule has 0 saturated carbocycles. The molecule has 2 heterocycles. The van der Waals surface area contributed by atoms with Crippen molar-refractivity contribution < 1.29 is 4.74 Å². The van der Waals surface area contributed by atoms with E-state index in [-0.39, 0.29) is 0 Å². The number of hydrogen-bond acceptors (Lipinski definition) is 3. The quantitative estimate of drug-likeness (QED) is 0.730. The first-order chi connectivity index (χ1) is 6.42. The summed E-state index contributed by atoms with van der Waals surface area (Å²) in [4.78, 5) is 0. The molecule has 2 N–H and O–H groups in total. The smallest absolute Gasteiger partial charge is 0.0566 e. The summed E-state index contributed by atoms with van der Waals surface area (Å²) in [7, 11) is 0. The SMILES string of the molecule is NCc1ccnn1C1CCOCC1. The molecule has 1 aromatic heterocycles. The van der Waals surface area contributed by atoms with Gasteiger partial charge in [-0.05, 0) is 18.9 Å². The number of nitrogens with two attached hydrogens (primary N) is 1. The van der Waals surface area contributed by atoms with Crippen LogP contribution in [-0.4, -0.2) is 23.0 Å². The lowest BCUT2D eigenvalue weighted by atomic mass is 10.1. The first kappa shape index (κ1) is 8.72. The number of aromatic nitrogens is 2. The van der Waals surface area contributed by atoms with E-state index in [1.54, 1.807) is 0 Å². The van der Waals surface area contributed by atoms with Crippen LogP contribution in [0.15, 0.2) is 12.3 Å². The Morgan fingerprint density at radius 2 is 2.31 bits per heavy atom. The molecule has 4 heteroatoms. The average Bonchev–Trinajstić information content (AvgIpc) is 2.67. The Morgan fingerprint density at radius 1 is 1.54 bits per heavy atom. The van der Waals surface area contributed by atoms with Gasteiger partial charge in [0.15, 0.2) is 0 Å². The van der Waals surface area contributed by atoms with Crippen molar-refractivity contribution in [3.63, 3.8) is 0 Å². The fraction of sp³-hybridized carbons (Fsp3) is 0.667. The van der Waals surface area contributed by atoms with Gasteiger partial charge in [0.05, 0.1) is 11.7 Å². The van der Waals surface area contributed by atoms with Crippen molar-refractivity contribution in [3.05, 3.63) is 18.0 Å². The second-order valence-corrected chi connectivity index (χ2v) is 3.31. The predicted octanol–water partition coefficient (Wildman–Crippen LogP) is 0.693. The third-order valence-corrected chi connectivity index (χ3v) is 2.50. The fourth-order valence-corrected chi connectivity index (χ4v) is 1.76. The van der Waals surface area contributed by atoms with Crippen LogP contribution in [0.25, 0.3) is 0 Å². The number of ether oxygens (including phenoxy) is 1. The van der Waals surface area contributed by atoms with E-state index in [1.807, 2.05) is 16.9 Å². The summed E-state index contributed by atoms with van der Waals surface area (Å²) in [6, 6.07) is 2.47. The molecule has 0 bridgehead atoms. The Morgan fingerprint density at radius 3 is 3.00 bits per heavy atom. The molecule has 0 atom stereocenters. The first-order valence-corrected chi connectivity index (χ1v) is 4.72. The van der Waals surface area contributed by atoms with Crippen LogP contribution in [0.2, 0.25) is 0 Å². The lowest BCUT2D eigenvalue weighted by Crippen LogP contribution is -2.22. The normalized spacial score (nSPS) is 19.2. The van der Waals surface area contributed by atoms with Crippen LogP contribution in [0.3, 0.4) is 0 Å². The summed E-state index contributed by atoms with van der Waals surface area (Å²) in [5, 5.41) is 4.29. The van der Waals surface area contributed by atoms with Gasteiger partial charge < -0.3 is 10.5 Å². The average molecular weight is 181 g/mol. The molecule has 1 fully saturated rings. The van der Waals surface area contributed by atoms with Crippen LogP contribution >= 0.6 is 0 Å². The van der Waals surface area contributed by atoms with Gasteiger partial charge in [0.25, 0.3) is 0 Å². The van der Waals surface area contributed by atoms with Crippen LogP contribution < -0.4 is 5.73 Å². The van der Waals surface area contributed by atoms with E-state index < -0.39 is 0 Å². The largest absolute Gasteiger partial charge is 0.381 e. The predicted molar refractivity (Wildman–Crippen MR) is 49.2 cm³/mol. The summed E-state index contributed by atoms with van der Waals surface area (Å²) < 4.78 is 7.34. The first-order valence-electron chi connectivity index (χ1n) is 4.72. The highest BCUT2D eigenvalue weighted by atomic mass is 16.5. The minimum Gasteiger partial charge on any atom is -0.381 e. The zero-order valence-corrected chi connectivity index (χ0v) is 7.65. The molecule has 0 unspecified atom stereocenters. The molecule has 72 valence electrons. The lowest BCUT2D eigenvalue weighted by Gasteiger charge is -2.23. The number of nitrogens with zero attached hydrogens (tertiary/aromatic N) is 2. The topological polar surface area (TPSA) is 53.1 Å². The van der Waals surface area contributed by atoms with Crippen molar-refractivity contribution in [1.82, 2.24) is 9.78 Å². The van der Waals surface area contributed by atoms with Gasteiger partial charge >= 0.3 is 0 Å². The van der Waals surface area contributed by atoms with Gasteiger partial charge in [0.1, 0.15) is 0 Å². The van der Waals surface area contributed by atoms with Gasteiger partial charge in [-0.3, -0.25) is 4.68 Å². The summed E-state index contributed by atoms with van der Waals surface area (Å²) in [6.45, 7) is 2.25. The third-order valence-electron chi connectivity index (χ3n) is 2.50. The van der Waals surface area contributed by atoms with E-state index in [1.165, 1.54) is 0 Å². The molecule has 0 radical (unpaired) electrons. The maximum Gasteiger partial charge on any atom is 0.0566 e. The maximum absolute atomic E-state index is 5.61. The molecular formula is C9H15N3O. The van der Waals surface area contributed by atoms with Gasteiger partial charge in [-0.25, -0.2) is 0 Å². The molecule has 0 spiro atoms. The maximum atomic E-state index is 5.61. The van der Waals surface area contributed by atoms with Crippen molar-refractivity contribution in [1.29, 1.82) is 0 Å². The van der Waals surface area contributed by atoms with E-state index in [4.69, 9.17) is 10.5 Å². The highest BCUT2D eigenvalue weighted by molar-refractivity contribution is 5.01. The van der Waals surface area contributed by atoms with Crippen LogP contribution in [-0.2, 0) is 11.3 Å². The van der Waals surface area contributed by atoms with Crippen molar-refractivity contribution in [2.75, 3.05) is 13.2 Å². The molecule has 1 aliphatic heterocycles. The van der Waals surface area contributed by atoms with Crippen molar-refractivity contribution in [2.24, 2.45) is 5.73 Å². The van der Waals surface area contributed by atoms with E-state index in [0.29, 0.717) is 12.6 Å². The minimum atomic E-state index is 0.488. The Hall–Kier alpha value is -0.870. The molecule has 0 amide bonds. The van der Waals surface area contributed by atoms with E-state index in [0.717, 1.165) is 31.7 Å². The highest BCUT2D eigenvalue weighted by Gasteiger charge is 2.17. The van der Waals surface area contributed by atoms with E-state index >= 15 is 0 Å². The standard InChI is InChI=1S/C9H15N3O/c10-7-9-1-4-11-12(9)8-2-5-13-6-3-8/h1,4,8H,2-3,5-7,10H2. The molecular weight excluding hydrogens is 166 g/mol. The molecule has 4 nitrogen and oxygen atoms in total. The Labute approximate surface area is 77.7 Å². The Balaban J connectivity index is 2.13. The number of rotatable bonds is 2. The molecule has 1 saturated heterocycles. The molecule has 1 aromatic rings. The van der Waals surface area contributed by atoms with Crippen LogP contribution in [0, 0.1) is 0 Å². The van der Waals surface area contributed by atoms with Crippen molar-refractivity contribution in [3.8, 4) is 0 Å². The third kappa shape index (κ3) is 1.73. The zero-order valence-electron chi connectivity index (χ0n) is 7.65. The van der Waals surface area contributed by atoms with Crippen LogP contribution in [0.4, 0.5) is 0 Å². The Kier molecular flexibility index (Phi) is 2.61. The summed E-state index contributed by atoms with van der Waals surface area (Å²) in [6.07, 6.45) is 3.92. The van der Waals surface area contributed by atoms with Gasteiger partial charge in [0, 0.05) is 26.0 Å². The number of hydrogen-bond donors (Lipinski definition) is 1. The monoisotopic (exact) mass is 181 g/mol. The Bertz CT molecular complexity index is 266. The lowest BCUT2D eigenvalue weighted by molar-refractivity contribution is 0.0654.